The van der Waals surface area contributed by atoms with Gasteiger partial charge in [-0.2, -0.15) is 0 Å². The molecular formula is C31H25FN2O6S. The van der Waals surface area contributed by atoms with Crippen molar-refractivity contribution in [3.8, 4) is 5.75 Å². The van der Waals surface area contributed by atoms with Gasteiger partial charge in [-0.15, -0.1) is 0 Å². The number of halogens is 1. The van der Waals surface area contributed by atoms with Crippen molar-refractivity contribution in [2.24, 2.45) is 0 Å². The lowest BCUT2D eigenvalue weighted by atomic mass is 9.95. The summed E-state index contributed by atoms with van der Waals surface area (Å²) in [5, 5.41) is 11.3. The fraction of sp³-hybridized carbons (Fsp3) is 0.161. The average molecular weight is 573 g/mol. The van der Waals surface area contributed by atoms with Gasteiger partial charge in [0.15, 0.2) is 5.13 Å². The zero-order chi connectivity index (χ0) is 29.3. The van der Waals surface area contributed by atoms with Gasteiger partial charge in [0.2, 0.25) is 0 Å². The Morgan fingerprint density at radius 1 is 1.02 bits per heavy atom. The maximum absolute atomic E-state index is 15.1. The molecule has 10 heteroatoms. The summed E-state index contributed by atoms with van der Waals surface area (Å²) in [6.07, 6.45) is 0. The smallest absolute Gasteiger partial charge is 0.350 e. The molecule has 5 rings (SSSR count). The van der Waals surface area contributed by atoms with E-state index in [0.717, 1.165) is 27.4 Å². The summed E-state index contributed by atoms with van der Waals surface area (Å²) in [7, 11) is 1.21. The second-order valence-electron chi connectivity index (χ2n) is 9.33. The highest BCUT2D eigenvalue weighted by atomic mass is 32.1. The highest BCUT2D eigenvalue weighted by Crippen LogP contribution is 2.44. The minimum absolute atomic E-state index is 0.00254. The van der Waals surface area contributed by atoms with Gasteiger partial charge in [0.05, 0.1) is 18.4 Å². The van der Waals surface area contributed by atoms with Crippen LogP contribution in [0.4, 0.5) is 9.52 Å². The predicted octanol–water partition coefficient (Wildman–Crippen LogP) is 5.89. The molecule has 0 saturated carbocycles. The van der Waals surface area contributed by atoms with Gasteiger partial charge in [0, 0.05) is 11.1 Å². The van der Waals surface area contributed by atoms with Gasteiger partial charge in [-0.1, -0.05) is 53.8 Å². The highest BCUT2D eigenvalue weighted by molar-refractivity contribution is 7.17. The summed E-state index contributed by atoms with van der Waals surface area (Å²) in [6.45, 7) is 3.89. The number of anilines is 1. The summed E-state index contributed by atoms with van der Waals surface area (Å²) in [6, 6.07) is 18.5. The Labute approximate surface area is 239 Å². The summed E-state index contributed by atoms with van der Waals surface area (Å²) < 4.78 is 25.8. The Balaban J connectivity index is 1.54. The van der Waals surface area contributed by atoms with E-state index in [1.54, 1.807) is 37.3 Å². The number of ether oxygens (including phenoxy) is 2. The molecule has 1 amide bonds. The lowest BCUT2D eigenvalue weighted by molar-refractivity contribution is -0.132. The molecule has 1 fully saturated rings. The first-order valence-electron chi connectivity index (χ1n) is 12.6. The average Bonchev–Trinajstić information content (AvgIpc) is 3.48. The number of carbonyl (C=O) groups is 3. The number of hydrogen-bond donors (Lipinski definition) is 1. The van der Waals surface area contributed by atoms with Crippen LogP contribution in [0.5, 0.6) is 5.75 Å². The van der Waals surface area contributed by atoms with E-state index in [1.165, 1.54) is 25.3 Å². The second kappa shape index (κ2) is 11.3. The van der Waals surface area contributed by atoms with Crippen LogP contribution >= 0.6 is 11.3 Å². The van der Waals surface area contributed by atoms with Crippen LogP contribution in [0.15, 0.2) is 78.4 Å². The molecule has 1 N–H and O–H groups in total. The second-order valence-corrected chi connectivity index (χ2v) is 10.3. The van der Waals surface area contributed by atoms with Crippen molar-refractivity contribution in [2.45, 2.75) is 26.5 Å². The Kier molecular flexibility index (Phi) is 7.67. The fourth-order valence-electron chi connectivity index (χ4n) is 4.59. The largest absolute Gasteiger partial charge is 0.507 e. The first-order valence-corrected chi connectivity index (χ1v) is 13.4. The third-order valence-corrected chi connectivity index (χ3v) is 7.93. The number of carbonyl (C=O) groups excluding carboxylic acids is 3. The van der Waals surface area contributed by atoms with Crippen LogP contribution in [0.2, 0.25) is 0 Å². The maximum Gasteiger partial charge on any atom is 0.350 e. The van der Waals surface area contributed by atoms with Gasteiger partial charge in [-0.3, -0.25) is 14.5 Å². The van der Waals surface area contributed by atoms with Crippen LogP contribution in [-0.2, 0) is 20.9 Å². The van der Waals surface area contributed by atoms with E-state index in [9.17, 15) is 19.5 Å². The molecule has 1 aromatic heterocycles. The molecule has 0 spiro atoms. The summed E-state index contributed by atoms with van der Waals surface area (Å²) >= 11 is 0.840. The predicted molar refractivity (Wildman–Crippen MR) is 151 cm³/mol. The van der Waals surface area contributed by atoms with Gasteiger partial charge >= 0.3 is 11.9 Å². The molecule has 1 aliphatic heterocycles. The number of esters is 1. The Bertz CT molecular complexity index is 1690. The van der Waals surface area contributed by atoms with Gasteiger partial charge < -0.3 is 14.6 Å². The lowest BCUT2D eigenvalue weighted by Crippen LogP contribution is -2.29. The van der Waals surface area contributed by atoms with Crippen LogP contribution in [0.3, 0.4) is 0 Å². The number of thiazole rings is 1. The van der Waals surface area contributed by atoms with Crippen molar-refractivity contribution in [1.29, 1.82) is 0 Å². The molecule has 3 aromatic carbocycles. The molecule has 1 aliphatic rings. The van der Waals surface area contributed by atoms with Crippen molar-refractivity contribution in [3.05, 3.63) is 117 Å². The number of methoxy groups -OCH3 is 1. The van der Waals surface area contributed by atoms with Crippen molar-refractivity contribution in [3.63, 3.8) is 0 Å². The van der Waals surface area contributed by atoms with Crippen LogP contribution in [0, 0.1) is 19.7 Å². The van der Waals surface area contributed by atoms with Crippen molar-refractivity contribution in [2.75, 3.05) is 12.0 Å². The number of aryl methyl sites for hydroxylation is 2. The number of benzene rings is 3. The molecule has 0 aliphatic carbocycles. The first kappa shape index (κ1) is 27.7. The van der Waals surface area contributed by atoms with Crippen molar-refractivity contribution < 1.29 is 33.4 Å². The number of hydrogen-bond acceptors (Lipinski definition) is 8. The summed E-state index contributed by atoms with van der Waals surface area (Å²) in [5.74, 6) is -3.31. The molecule has 208 valence electrons. The molecule has 1 atom stereocenters. The maximum atomic E-state index is 15.1. The topological polar surface area (TPSA) is 106 Å². The van der Waals surface area contributed by atoms with Crippen LogP contribution in [0.25, 0.3) is 5.76 Å². The SMILES string of the molecule is COC(=O)c1sc(N2C(=O)C(=O)C(=C(O)c3ccc(OCc4ccccc4C)cc3)C2c2ccccc2F)nc1C. The van der Waals surface area contributed by atoms with E-state index in [1.807, 2.05) is 31.2 Å². The van der Waals surface area contributed by atoms with Gasteiger partial charge in [0.25, 0.3) is 5.78 Å². The van der Waals surface area contributed by atoms with Crippen molar-refractivity contribution in [1.82, 2.24) is 4.98 Å². The Morgan fingerprint density at radius 2 is 1.71 bits per heavy atom. The van der Waals surface area contributed by atoms with Crippen LogP contribution < -0.4 is 9.64 Å². The zero-order valence-corrected chi connectivity index (χ0v) is 23.2. The van der Waals surface area contributed by atoms with Gasteiger partial charge in [0.1, 0.15) is 34.9 Å². The monoisotopic (exact) mass is 572 g/mol. The highest BCUT2D eigenvalue weighted by Gasteiger charge is 2.49. The number of amides is 1. The van der Waals surface area contributed by atoms with E-state index in [4.69, 9.17) is 9.47 Å². The molecule has 1 saturated heterocycles. The minimum atomic E-state index is -1.33. The quantitative estimate of drug-likeness (QED) is 0.127. The number of aromatic nitrogens is 1. The number of aliphatic hydroxyl groups is 1. The number of aliphatic hydroxyl groups excluding tert-OH is 1. The molecule has 8 nitrogen and oxygen atoms in total. The standard InChI is InChI=1S/C31H25FN2O6S/c1-17-8-4-5-9-20(17)16-40-21-14-12-19(13-15-21)26(35)24-25(22-10-6-7-11-23(22)32)34(29(37)27(24)36)31-33-18(2)28(41-31)30(38)39-3/h4-15,25,35H,16H2,1-3H3. The van der Waals surface area contributed by atoms with Gasteiger partial charge in [-0.25, -0.2) is 14.2 Å². The van der Waals surface area contributed by atoms with Crippen LogP contribution in [-0.4, -0.2) is 34.9 Å². The fourth-order valence-corrected chi connectivity index (χ4v) is 5.60. The van der Waals surface area contributed by atoms with E-state index in [2.05, 4.69) is 4.98 Å². The van der Waals surface area contributed by atoms with Crippen molar-refractivity contribution >= 4 is 39.9 Å². The van der Waals surface area contributed by atoms with E-state index >= 15 is 4.39 Å². The lowest BCUT2D eigenvalue weighted by Gasteiger charge is -2.23. The molecule has 0 radical (unpaired) electrons. The minimum Gasteiger partial charge on any atom is -0.507 e. The molecule has 0 bridgehead atoms. The number of ketones is 1. The number of nitrogens with zero attached hydrogens (tertiary/aromatic N) is 2. The van der Waals surface area contributed by atoms with Crippen LogP contribution in [0.1, 0.15) is 43.7 Å². The molecule has 2 heterocycles. The Morgan fingerprint density at radius 3 is 2.39 bits per heavy atom. The van der Waals surface area contributed by atoms with E-state index in [0.29, 0.717) is 12.4 Å². The number of rotatable bonds is 7. The number of Topliss-reactive ketones (excluding diaryl/α,β-unsaturated/α-hetero) is 1. The van der Waals surface area contributed by atoms with Gasteiger partial charge in [-0.05, 0) is 55.3 Å². The zero-order valence-electron chi connectivity index (χ0n) is 22.4. The third kappa shape index (κ3) is 5.21. The normalized spacial score (nSPS) is 16.2. The molecule has 41 heavy (non-hydrogen) atoms. The Hall–Kier alpha value is -4.83. The van der Waals surface area contributed by atoms with E-state index in [-0.39, 0.29) is 32.4 Å². The summed E-state index contributed by atoms with van der Waals surface area (Å²) in [4.78, 5) is 44.4. The first-order chi connectivity index (χ1) is 19.7. The molecule has 1 unspecified atom stereocenters. The molecular weight excluding hydrogens is 547 g/mol. The van der Waals surface area contributed by atoms with E-state index < -0.39 is 35.3 Å². The summed E-state index contributed by atoms with van der Waals surface area (Å²) in [5.41, 5.74) is 2.32. The third-order valence-electron chi connectivity index (χ3n) is 6.79. The molecule has 4 aromatic rings.